The first kappa shape index (κ1) is 13.6. The van der Waals surface area contributed by atoms with Gasteiger partial charge in [-0.1, -0.05) is 50.2 Å². The predicted octanol–water partition coefficient (Wildman–Crippen LogP) is 4.50. The van der Waals surface area contributed by atoms with Crippen molar-refractivity contribution in [3.05, 3.63) is 65.2 Å². The Morgan fingerprint density at radius 1 is 1.05 bits per heavy atom. The molecule has 0 amide bonds. The average molecular weight is 292 g/mol. The standard InChI is InChI=1S/C20H20O2/c1-20(2)16-11-15(18(20)13-8-4-3-7-12(13)16)19(22)14-9-5-6-10-17(14)21/h3-10,15-16,18,21H,11H2,1-2H3/t15-,16+,18+/m1/s1. The summed E-state index contributed by atoms with van der Waals surface area (Å²) in [4.78, 5) is 13.0. The van der Waals surface area contributed by atoms with Crippen LogP contribution in [0.15, 0.2) is 48.5 Å². The molecule has 0 aromatic heterocycles. The van der Waals surface area contributed by atoms with Gasteiger partial charge in [0.05, 0.1) is 5.56 Å². The van der Waals surface area contributed by atoms with Crippen LogP contribution < -0.4 is 0 Å². The SMILES string of the molecule is CC1(C)[C@H]2C[C@@H](C(=O)c3ccccc3O)[C@@H]1c1ccccc12. The monoisotopic (exact) mass is 292 g/mol. The highest BCUT2D eigenvalue weighted by molar-refractivity contribution is 6.01. The van der Waals surface area contributed by atoms with Crippen LogP contribution in [0.2, 0.25) is 0 Å². The van der Waals surface area contributed by atoms with Crippen molar-refractivity contribution in [2.24, 2.45) is 11.3 Å². The summed E-state index contributed by atoms with van der Waals surface area (Å²) in [6.07, 6.45) is 0.891. The van der Waals surface area contributed by atoms with Gasteiger partial charge < -0.3 is 5.11 Å². The van der Waals surface area contributed by atoms with Crippen LogP contribution in [0.4, 0.5) is 0 Å². The molecule has 112 valence electrons. The van der Waals surface area contributed by atoms with Crippen molar-refractivity contribution in [1.82, 2.24) is 0 Å². The normalized spacial score (nSPS) is 27.6. The van der Waals surface area contributed by atoms with E-state index in [0.717, 1.165) is 6.42 Å². The third kappa shape index (κ3) is 1.64. The first-order valence-electron chi connectivity index (χ1n) is 7.93. The molecule has 0 aliphatic heterocycles. The van der Waals surface area contributed by atoms with Crippen molar-refractivity contribution in [3.8, 4) is 5.75 Å². The van der Waals surface area contributed by atoms with Gasteiger partial charge in [0.2, 0.25) is 0 Å². The van der Waals surface area contributed by atoms with Crippen LogP contribution in [-0.2, 0) is 0 Å². The number of Topliss-reactive ketones (excluding diaryl/α,β-unsaturated/α-hetero) is 1. The average Bonchev–Trinajstić information content (AvgIpc) is 2.91. The zero-order chi connectivity index (χ0) is 15.5. The molecule has 0 radical (unpaired) electrons. The molecule has 2 aromatic rings. The molecule has 0 heterocycles. The van der Waals surface area contributed by atoms with Gasteiger partial charge in [-0.05, 0) is 46.9 Å². The van der Waals surface area contributed by atoms with E-state index in [1.54, 1.807) is 18.2 Å². The number of benzene rings is 2. The Morgan fingerprint density at radius 3 is 2.41 bits per heavy atom. The molecule has 2 bridgehead atoms. The highest BCUT2D eigenvalue weighted by Crippen LogP contribution is 2.67. The number of phenols is 1. The van der Waals surface area contributed by atoms with Gasteiger partial charge in [-0.25, -0.2) is 0 Å². The lowest BCUT2D eigenvalue weighted by Gasteiger charge is -2.27. The lowest BCUT2D eigenvalue weighted by Crippen LogP contribution is -2.23. The molecule has 1 fully saturated rings. The van der Waals surface area contributed by atoms with Crippen LogP contribution in [0.3, 0.4) is 0 Å². The zero-order valence-electron chi connectivity index (χ0n) is 12.9. The maximum atomic E-state index is 13.0. The van der Waals surface area contributed by atoms with E-state index < -0.39 is 0 Å². The second-order valence-corrected chi connectivity index (χ2v) is 7.20. The summed E-state index contributed by atoms with van der Waals surface area (Å²) >= 11 is 0. The smallest absolute Gasteiger partial charge is 0.170 e. The first-order valence-corrected chi connectivity index (χ1v) is 7.93. The zero-order valence-corrected chi connectivity index (χ0v) is 12.9. The number of hydrogen-bond donors (Lipinski definition) is 1. The first-order chi connectivity index (χ1) is 10.5. The fourth-order valence-corrected chi connectivity index (χ4v) is 4.83. The van der Waals surface area contributed by atoms with E-state index in [4.69, 9.17) is 0 Å². The Hall–Kier alpha value is -2.09. The number of rotatable bonds is 2. The lowest BCUT2D eigenvalue weighted by atomic mass is 9.75. The van der Waals surface area contributed by atoms with Gasteiger partial charge >= 0.3 is 0 Å². The van der Waals surface area contributed by atoms with E-state index in [-0.39, 0.29) is 28.8 Å². The van der Waals surface area contributed by atoms with Crippen LogP contribution in [0, 0.1) is 11.3 Å². The van der Waals surface area contributed by atoms with E-state index in [0.29, 0.717) is 11.5 Å². The number of phenolic OH excluding ortho intramolecular Hbond substituents is 1. The second kappa shape index (κ2) is 4.45. The molecule has 0 spiro atoms. The maximum Gasteiger partial charge on any atom is 0.170 e. The molecule has 2 aromatic carbocycles. The molecule has 2 aliphatic rings. The minimum atomic E-state index is -0.0248. The largest absolute Gasteiger partial charge is 0.507 e. The second-order valence-electron chi connectivity index (χ2n) is 7.20. The quantitative estimate of drug-likeness (QED) is 0.827. The molecule has 1 saturated carbocycles. The molecule has 0 unspecified atom stereocenters. The van der Waals surface area contributed by atoms with E-state index in [2.05, 4.69) is 38.1 Å². The van der Waals surface area contributed by atoms with Crippen molar-refractivity contribution in [3.63, 3.8) is 0 Å². The summed E-state index contributed by atoms with van der Waals surface area (Å²) in [7, 11) is 0. The predicted molar refractivity (Wildman–Crippen MR) is 86.2 cm³/mol. The Kier molecular flexibility index (Phi) is 2.75. The van der Waals surface area contributed by atoms with Crippen LogP contribution in [0.5, 0.6) is 5.75 Å². The van der Waals surface area contributed by atoms with Crippen LogP contribution in [0.1, 0.15) is 53.6 Å². The van der Waals surface area contributed by atoms with Crippen LogP contribution in [0.25, 0.3) is 0 Å². The van der Waals surface area contributed by atoms with Gasteiger partial charge in [0.1, 0.15) is 5.75 Å². The molecular weight excluding hydrogens is 272 g/mol. The van der Waals surface area contributed by atoms with E-state index in [1.807, 2.05) is 6.07 Å². The van der Waals surface area contributed by atoms with E-state index in [9.17, 15) is 9.90 Å². The number of para-hydroxylation sites is 1. The van der Waals surface area contributed by atoms with Gasteiger partial charge in [-0.15, -0.1) is 0 Å². The number of carbonyl (C=O) groups excluding carboxylic acids is 1. The molecule has 0 saturated heterocycles. The number of aromatic hydroxyl groups is 1. The summed E-state index contributed by atoms with van der Waals surface area (Å²) in [5, 5.41) is 10.0. The van der Waals surface area contributed by atoms with Crippen molar-refractivity contribution in [2.75, 3.05) is 0 Å². The highest BCUT2D eigenvalue weighted by atomic mass is 16.3. The number of ketones is 1. The van der Waals surface area contributed by atoms with Gasteiger partial charge in [0, 0.05) is 5.92 Å². The van der Waals surface area contributed by atoms with Crippen molar-refractivity contribution < 1.29 is 9.90 Å². The molecule has 2 heteroatoms. The van der Waals surface area contributed by atoms with Crippen molar-refractivity contribution >= 4 is 5.78 Å². The minimum absolute atomic E-state index is 0.0248. The van der Waals surface area contributed by atoms with E-state index >= 15 is 0 Å². The van der Waals surface area contributed by atoms with Gasteiger partial charge in [-0.3, -0.25) is 4.79 Å². The molecule has 22 heavy (non-hydrogen) atoms. The fraction of sp³-hybridized carbons (Fsp3) is 0.350. The third-order valence-corrected chi connectivity index (χ3v) is 5.80. The lowest BCUT2D eigenvalue weighted by molar-refractivity contribution is 0.0894. The van der Waals surface area contributed by atoms with Crippen molar-refractivity contribution in [1.29, 1.82) is 0 Å². The molecule has 3 atom stereocenters. The number of hydrogen-bond acceptors (Lipinski definition) is 2. The van der Waals surface area contributed by atoms with Crippen LogP contribution >= 0.6 is 0 Å². The van der Waals surface area contributed by atoms with Gasteiger partial charge in [-0.2, -0.15) is 0 Å². The molecule has 2 nitrogen and oxygen atoms in total. The highest BCUT2D eigenvalue weighted by Gasteiger charge is 2.58. The minimum Gasteiger partial charge on any atom is -0.507 e. The molecule has 2 aliphatic carbocycles. The topological polar surface area (TPSA) is 37.3 Å². The summed E-state index contributed by atoms with van der Waals surface area (Å²) < 4.78 is 0. The van der Waals surface area contributed by atoms with Crippen molar-refractivity contribution in [2.45, 2.75) is 32.1 Å². The summed E-state index contributed by atoms with van der Waals surface area (Å²) in [6, 6.07) is 15.5. The Balaban J connectivity index is 1.78. The summed E-state index contributed by atoms with van der Waals surface area (Å²) in [6.45, 7) is 4.56. The number of carbonyl (C=O) groups is 1. The summed E-state index contributed by atoms with van der Waals surface area (Å²) in [5.41, 5.74) is 3.32. The Morgan fingerprint density at radius 2 is 1.68 bits per heavy atom. The van der Waals surface area contributed by atoms with Crippen LogP contribution in [-0.4, -0.2) is 10.9 Å². The Labute approximate surface area is 130 Å². The Bertz CT molecular complexity index is 760. The maximum absolute atomic E-state index is 13.0. The van der Waals surface area contributed by atoms with Gasteiger partial charge in [0.15, 0.2) is 5.78 Å². The third-order valence-electron chi connectivity index (χ3n) is 5.80. The number of fused-ring (bicyclic) bond motifs is 5. The summed E-state index contributed by atoms with van der Waals surface area (Å²) in [5.74, 6) is 0.854. The van der Waals surface area contributed by atoms with Gasteiger partial charge in [0.25, 0.3) is 0 Å². The molecule has 1 N–H and O–H groups in total. The molecular formula is C20H20O2. The fourth-order valence-electron chi connectivity index (χ4n) is 4.83. The molecule has 4 rings (SSSR count). The van der Waals surface area contributed by atoms with E-state index in [1.165, 1.54) is 11.1 Å².